The highest BCUT2D eigenvalue weighted by Crippen LogP contribution is 2.10. The van der Waals surface area contributed by atoms with E-state index < -0.39 is 7.25 Å². The lowest BCUT2D eigenvalue weighted by Crippen LogP contribution is -2.34. The molecule has 1 N–H and O–H groups in total. The Hall–Kier alpha value is -1.05. The Balaban J connectivity index is 0.000000312. The minimum Gasteiger partial charge on any atom is -0.418 e. The molecule has 2 rings (SSSR count). The maximum absolute atomic E-state index is 9.75. The van der Waals surface area contributed by atoms with E-state index in [0.717, 1.165) is 12.6 Å². The van der Waals surface area contributed by atoms with E-state index in [-0.39, 0.29) is 0 Å². The van der Waals surface area contributed by atoms with Gasteiger partial charge in [0.15, 0.2) is 0 Å². The molecule has 1 aliphatic heterocycles. The number of imidazole rings is 1. The first-order valence-electron chi connectivity index (χ1n) is 6.46. The minimum atomic E-state index is -6.00. The fourth-order valence-electron chi connectivity index (χ4n) is 2.11. The van der Waals surface area contributed by atoms with Crippen LogP contribution >= 0.6 is 0 Å². The van der Waals surface area contributed by atoms with Crippen LogP contribution in [0.4, 0.5) is 17.3 Å². The Morgan fingerprint density at radius 1 is 1.32 bits per heavy atom. The second kappa shape index (κ2) is 7.52. The summed E-state index contributed by atoms with van der Waals surface area (Å²) < 4.78 is 43.4. The third-order valence-corrected chi connectivity index (χ3v) is 2.97. The lowest BCUT2D eigenvalue weighted by molar-refractivity contribution is -0.671. The monoisotopic (exact) mass is 281 g/mol. The first-order chi connectivity index (χ1) is 8.84. The van der Waals surface area contributed by atoms with Gasteiger partial charge in [0.1, 0.15) is 12.4 Å². The van der Waals surface area contributed by atoms with Crippen molar-refractivity contribution in [3.8, 4) is 0 Å². The van der Waals surface area contributed by atoms with Gasteiger partial charge in [-0.25, -0.2) is 9.13 Å². The number of hydrogen-bond donors (Lipinski definition) is 1. The van der Waals surface area contributed by atoms with Crippen LogP contribution in [-0.4, -0.2) is 24.4 Å². The van der Waals surface area contributed by atoms with Crippen LogP contribution < -0.4 is 9.88 Å². The number of halogens is 4. The van der Waals surface area contributed by atoms with Crippen LogP contribution in [0.25, 0.3) is 0 Å². The fraction of sp³-hybridized carbons (Fsp3) is 0.727. The molecular formula is C11H20BF4N3. The molecule has 1 aromatic heterocycles. The molecule has 0 radical (unpaired) electrons. The van der Waals surface area contributed by atoms with Gasteiger partial charge in [-0.3, -0.25) is 0 Å². The van der Waals surface area contributed by atoms with Gasteiger partial charge in [0.2, 0.25) is 6.33 Å². The van der Waals surface area contributed by atoms with Gasteiger partial charge in [-0.2, -0.15) is 0 Å². The van der Waals surface area contributed by atoms with E-state index in [2.05, 4.69) is 40.2 Å². The largest absolute Gasteiger partial charge is 0.673 e. The van der Waals surface area contributed by atoms with Gasteiger partial charge in [0.25, 0.3) is 0 Å². The van der Waals surface area contributed by atoms with E-state index in [1.54, 1.807) is 0 Å². The summed E-state index contributed by atoms with van der Waals surface area (Å²) in [4.78, 5) is 0. The molecule has 0 aliphatic carbocycles. The summed E-state index contributed by atoms with van der Waals surface area (Å²) in [5.41, 5.74) is 0. The van der Waals surface area contributed by atoms with Gasteiger partial charge < -0.3 is 22.6 Å². The lowest BCUT2D eigenvalue weighted by atomic mass is 10.0. The van der Waals surface area contributed by atoms with Crippen LogP contribution in [0.5, 0.6) is 0 Å². The van der Waals surface area contributed by atoms with Crippen molar-refractivity contribution in [2.45, 2.75) is 38.3 Å². The summed E-state index contributed by atoms with van der Waals surface area (Å²) in [6.45, 7) is 2.35. The number of piperidine rings is 1. The van der Waals surface area contributed by atoms with Crippen LogP contribution in [0.2, 0.25) is 0 Å². The third kappa shape index (κ3) is 8.64. The van der Waals surface area contributed by atoms with Crippen LogP contribution in [0, 0.1) is 0 Å². The molecule has 1 unspecified atom stereocenters. The molecule has 0 bridgehead atoms. The van der Waals surface area contributed by atoms with Crippen molar-refractivity contribution >= 4 is 7.25 Å². The molecule has 0 amide bonds. The highest BCUT2D eigenvalue weighted by molar-refractivity contribution is 6.50. The first kappa shape index (κ1) is 16.0. The third-order valence-electron chi connectivity index (χ3n) is 2.97. The van der Waals surface area contributed by atoms with Crippen LogP contribution in [0.3, 0.4) is 0 Å². The Morgan fingerprint density at radius 2 is 2.00 bits per heavy atom. The van der Waals surface area contributed by atoms with Crippen LogP contribution in [0.15, 0.2) is 18.7 Å². The van der Waals surface area contributed by atoms with Crippen molar-refractivity contribution in [2.75, 3.05) is 6.54 Å². The highest BCUT2D eigenvalue weighted by Gasteiger charge is 2.20. The Kier molecular flexibility index (Phi) is 6.34. The average molecular weight is 281 g/mol. The van der Waals surface area contributed by atoms with Gasteiger partial charge in [0.05, 0.1) is 13.6 Å². The summed E-state index contributed by atoms with van der Waals surface area (Å²) >= 11 is 0. The molecule has 110 valence electrons. The van der Waals surface area contributed by atoms with Crippen molar-refractivity contribution in [3.05, 3.63) is 18.7 Å². The second-order valence-electron chi connectivity index (χ2n) is 4.75. The Morgan fingerprint density at radius 3 is 2.47 bits per heavy atom. The number of rotatable bonds is 3. The second-order valence-corrected chi connectivity index (χ2v) is 4.75. The average Bonchev–Trinajstić information content (AvgIpc) is 2.72. The van der Waals surface area contributed by atoms with Gasteiger partial charge in [-0.1, -0.05) is 6.42 Å². The molecule has 2 heterocycles. The number of hydrogen-bond acceptors (Lipinski definition) is 1. The van der Waals surface area contributed by atoms with Crippen molar-refractivity contribution in [2.24, 2.45) is 7.05 Å². The first-order valence-corrected chi connectivity index (χ1v) is 6.46. The van der Waals surface area contributed by atoms with E-state index in [1.165, 1.54) is 32.2 Å². The lowest BCUT2D eigenvalue weighted by Gasteiger charge is -2.22. The van der Waals surface area contributed by atoms with Gasteiger partial charge in [0, 0.05) is 12.5 Å². The fourth-order valence-corrected chi connectivity index (χ4v) is 2.11. The van der Waals surface area contributed by atoms with E-state index in [0.29, 0.717) is 0 Å². The molecule has 1 saturated heterocycles. The highest BCUT2D eigenvalue weighted by atomic mass is 19.5. The van der Waals surface area contributed by atoms with E-state index in [1.807, 2.05) is 0 Å². The summed E-state index contributed by atoms with van der Waals surface area (Å²) in [6, 6.07) is 0.747. The zero-order valence-corrected chi connectivity index (χ0v) is 11.0. The molecule has 8 heteroatoms. The number of aromatic nitrogens is 2. The normalized spacial score (nSPS) is 19.7. The van der Waals surface area contributed by atoms with E-state index in [9.17, 15) is 17.3 Å². The molecule has 1 aromatic rings. The van der Waals surface area contributed by atoms with Gasteiger partial charge in [-0.05, 0) is 19.4 Å². The Labute approximate surface area is 110 Å². The minimum absolute atomic E-state index is 0.747. The molecular weight excluding hydrogens is 261 g/mol. The summed E-state index contributed by atoms with van der Waals surface area (Å²) in [7, 11) is -3.94. The maximum atomic E-state index is 9.75. The molecule has 1 fully saturated rings. The number of aryl methyl sites for hydroxylation is 2. The van der Waals surface area contributed by atoms with Crippen molar-refractivity contribution in [3.63, 3.8) is 0 Å². The Bertz CT molecular complexity index is 355. The van der Waals surface area contributed by atoms with E-state index in [4.69, 9.17) is 0 Å². The summed E-state index contributed by atoms with van der Waals surface area (Å²) in [6.07, 6.45) is 11.7. The smallest absolute Gasteiger partial charge is 0.418 e. The molecule has 19 heavy (non-hydrogen) atoms. The molecule has 1 aliphatic rings. The molecule has 1 atom stereocenters. The van der Waals surface area contributed by atoms with E-state index >= 15 is 0 Å². The van der Waals surface area contributed by atoms with Gasteiger partial charge >= 0.3 is 7.25 Å². The van der Waals surface area contributed by atoms with Crippen LogP contribution in [-0.2, 0) is 13.6 Å². The number of nitrogens with zero attached hydrogens (tertiary/aromatic N) is 2. The van der Waals surface area contributed by atoms with Crippen LogP contribution in [0.1, 0.15) is 25.7 Å². The van der Waals surface area contributed by atoms with Gasteiger partial charge in [-0.15, -0.1) is 0 Å². The molecule has 3 nitrogen and oxygen atoms in total. The molecule has 0 aromatic carbocycles. The van der Waals surface area contributed by atoms with Crippen molar-refractivity contribution < 1.29 is 21.8 Å². The SMILES string of the molecule is C[n+]1ccn(CCC2CCCCN2)c1.F[B-](F)(F)F. The predicted molar refractivity (Wildman–Crippen MR) is 66.1 cm³/mol. The number of nitrogens with one attached hydrogen (secondary N) is 1. The quantitative estimate of drug-likeness (QED) is 0.511. The summed E-state index contributed by atoms with van der Waals surface area (Å²) in [5.74, 6) is 0. The van der Waals surface area contributed by atoms with Crippen molar-refractivity contribution in [1.82, 2.24) is 9.88 Å². The maximum Gasteiger partial charge on any atom is 0.673 e. The zero-order valence-electron chi connectivity index (χ0n) is 11.0. The molecule has 0 saturated carbocycles. The standard InChI is InChI=1S/C11H20N3.BF4/c1-13-8-9-14(10-13)7-5-11-4-2-3-6-12-11;2-1(3,4)5/h8-12H,2-7H2,1H3;/q+1;-1. The zero-order chi connectivity index (χ0) is 14.3. The topological polar surface area (TPSA) is 20.8 Å². The summed E-state index contributed by atoms with van der Waals surface area (Å²) in [5, 5.41) is 3.58. The molecule has 0 spiro atoms. The van der Waals surface area contributed by atoms with Crippen molar-refractivity contribution in [1.29, 1.82) is 0 Å². The predicted octanol–water partition coefficient (Wildman–Crippen LogP) is 2.14.